The maximum absolute atomic E-state index is 12.8. The number of anilines is 2. The van der Waals surface area contributed by atoms with E-state index in [9.17, 15) is 39.0 Å². The van der Waals surface area contributed by atoms with Crippen molar-refractivity contribution in [2.24, 2.45) is 9.98 Å². The lowest BCUT2D eigenvalue weighted by molar-refractivity contribution is -0.140. The molecule has 0 aliphatic carbocycles. The minimum atomic E-state index is -0.966. The summed E-state index contributed by atoms with van der Waals surface area (Å²) in [5.74, 6) is -2.65. The molecule has 3 amide bonds. The number of nitrogen functional groups attached to an aromatic ring is 1. The number of nitrogens with two attached hydrogens (primary N) is 1. The molecule has 0 unspecified atom stereocenters. The lowest BCUT2D eigenvalue weighted by Crippen LogP contribution is -2.43. The second-order valence-corrected chi connectivity index (χ2v) is 14.0. The maximum Gasteiger partial charge on any atom is 0.317 e. The van der Waals surface area contributed by atoms with Gasteiger partial charge in [-0.05, 0) is 51.3 Å². The van der Waals surface area contributed by atoms with Gasteiger partial charge in [-0.15, -0.1) is 0 Å². The Bertz CT molecular complexity index is 1800. The molecule has 0 bridgehead atoms. The van der Waals surface area contributed by atoms with Crippen LogP contribution in [0.1, 0.15) is 37.0 Å². The van der Waals surface area contributed by atoms with Gasteiger partial charge >= 0.3 is 11.9 Å². The molecule has 9 N–H and O–H groups in total. The van der Waals surface area contributed by atoms with Crippen molar-refractivity contribution in [1.82, 2.24) is 40.6 Å². The van der Waals surface area contributed by atoms with Gasteiger partial charge in [-0.25, -0.2) is 9.98 Å². The molecule has 1 aliphatic rings. The summed E-state index contributed by atoms with van der Waals surface area (Å²) in [6.45, 7) is 11.4. The molecule has 0 saturated carbocycles. The van der Waals surface area contributed by atoms with Gasteiger partial charge in [0, 0.05) is 81.8 Å². The summed E-state index contributed by atoms with van der Waals surface area (Å²) in [4.78, 5) is 92.0. The predicted octanol–water partition coefficient (Wildman–Crippen LogP) is -0.858. The number of amides is 3. The third-order valence-corrected chi connectivity index (χ3v) is 9.02. The van der Waals surface area contributed by atoms with Crippen LogP contribution < -0.4 is 32.6 Å². The zero-order valence-corrected chi connectivity index (χ0v) is 34.2. The van der Waals surface area contributed by atoms with Crippen LogP contribution in [-0.2, 0) is 28.7 Å². The van der Waals surface area contributed by atoms with Crippen LogP contribution in [-0.4, -0.2) is 188 Å². The van der Waals surface area contributed by atoms with Crippen molar-refractivity contribution < 1.29 is 43.7 Å². The molecule has 3 rings (SSSR count). The number of benzene rings is 1. The largest absolute Gasteiger partial charge is 0.480 e. The van der Waals surface area contributed by atoms with Crippen molar-refractivity contribution in [3.63, 3.8) is 0 Å². The fourth-order valence-electron chi connectivity index (χ4n) is 5.85. The van der Waals surface area contributed by atoms with E-state index < -0.39 is 17.5 Å². The van der Waals surface area contributed by atoms with Gasteiger partial charge in [0.15, 0.2) is 11.5 Å². The topological polar surface area (TPSA) is 299 Å². The Morgan fingerprint density at radius 3 is 1.93 bits per heavy atom. The third-order valence-electron chi connectivity index (χ3n) is 9.02. The number of H-pyrrole nitrogens is 1. The molecule has 1 aromatic carbocycles. The van der Waals surface area contributed by atoms with E-state index in [4.69, 9.17) is 15.2 Å². The van der Waals surface area contributed by atoms with Crippen LogP contribution in [0.2, 0.25) is 0 Å². The Balaban J connectivity index is 1.22. The fourth-order valence-corrected chi connectivity index (χ4v) is 5.85. The number of aromatic nitrogens is 2. The zero-order chi connectivity index (χ0) is 43.9. The molecule has 1 aromatic heterocycles. The minimum absolute atomic E-state index is 0.00332. The van der Waals surface area contributed by atoms with E-state index in [1.54, 1.807) is 41.0 Å². The fraction of sp³-hybridized carbons (Fsp3) is 0.553. The Kier molecular flexibility index (Phi) is 21.3. The van der Waals surface area contributed by atoms with Crippen LogP contribution in [0, 0.1) is 0 Å². The van der Waals surface area contributed by atoms with Crippen molar-refractivity contribution in [2.75, 3.05) is 116 Å². The average molecular weight is 843 g/mol. The number of hydrogen-bond donors (Lipinski definition) is 8. The molecule has 22 heteroatoms. The first-order valence-electron chi connectivity index (χ1n) is 19.6. The lowest BCUT2D eigenvalue weighted by atomic mass is 10.1. The van der Waals surface area contributed by atoms with Gasteiger partial charge in [-0.1, -0.05) is 0 Å². The summed E-state index contributed by atoms with van der Waals surface area (Å²) >= 11 is 0. The smallest absolute Gasteiger partial charge is 0.317 e. The van der Waals surface area contributed by atoms with E-state index in [1.807, 2.05) is 11.8 Å². The number of nitrogens with zero attached hydrogens (tertiary/aromatic N) is 6. The van der Waals surface area contributed by atoms with Gasteiger partial charge in [0.05, 0.1) is 52.6 Å². The number of carboxylic acid groups (broad SMARTS) is 2. The predicted molar refractivity (Wildman–Crippen MR) is 225 cm³/mol. The number of ether oxygens (including phenoxy) is 2. The summed E-state index contributed by atoms with van der Waals surface area (Å²) in [6.07, 6.45) is 0.651. The lowest BCUT2D eigenvalue weighted by Gasteiger charge is -2.24. The highest BCUT2D eigenvalue weighted by atomic mass is 16.5. The van der Waals surface area contributed by atoms with Gasteiger partial charge in [-0.3, -0.25) is 48.5 Å². The normalized spacial score (nSPS) is 14.9. The van der Waals surface area contributed by atoms with E-state index >= 15 is 0 Å². The molecule has 2 aromatic rings. The number of aliphatic imine (C=N–C) groups is 2. The number of hydrogen-bond acceptors (Lipinski definition) is 16. The van der Waals surface area contributed by atoms with Crippen molar-refractivity contribution >= 4 is 65.2 Å². The second-order valence-electron chi connectivity index (χ2n) is 14.0. The molecular weight excluding hydrogens is 784 g/mol. The van der Waals surface area contributed by atoms with E-state index in [0.717, 1.165) is 5.69 Å². The quantitative estimate of drug-likeness (QED) is 0.0446. The molecule has 330 valence electrons. The number of carbonyl (C=O) groups is 5. The van der Waals surface area contributed by atoms with Crippen molar-refractivity contribution in [2.45, 2.75) is 32.7 Å². The Labute approximate surface area is 348 Å². The molecule has 1 saturated heterocycles. The molecular formula is C38H58N12O10. The van der Waals surface area contributed by atoms with E-state index in [-0.39, 0.29) is 87.0 Å². The average Bonchev–Trinajstić information content (AvgIpc) is 3.28. The number of rotatable bonds is 25. The molecule has 1 aliphatic heterocycles. The van der Waals surface area contributed by atoms with Crippen LogP contribution in [0.3, 0.4) is 0 Å². The Morgan fingerprint density at radius 1 is 0.867 bits per heavy atom. The van der Waals surface area contributed by atoms with E-state index in [0.29, 0.717) is 83.3 Å². The number of carbonyl (C=O) groups excluding carboxylic acids is 3. The molecule has 22 nitrogen and oxygen atoms in total. The van der Waals surface area contributed by atoms with Gasteiger partial charge in [0.25, 0.3) is 11.5 Å². The highest BCUT2D eigenvalue weighted by molar-refractivity contribution is 5.95. The highest BCUT2D eigenvalue weighted by Gasteiger charge is 2.21. The van der Waals surface area contributed by atoms with Crippen LogP contribution >= 0.6 is 0 Å². The number of carboxylic acids is 2. The Morgan fingerprint density at radius 2 is 1.40 bits per heavy atom. The first-order chi connectivity index (χ1) is 28.7. The van der Waals surface area contributed by atoms with Crippen molar-refractivity contribution in [3.05, 3.63) is 40.2 Å². The number of aliphatic carboxylic acids is 2. The maximum atomic E-state index is 12.8. The molecule has 0 spiro atoms. The molecule has 2 heterocycles. The minimum Gasteiger partial charge on any atom is -0.480 e. The molecule has 1 fully saturated rings. The SMILES string of the molecule is C=Nc1nc(N)[nH]c(=O)c1N=C(C)CNc1ccc(C(=O)N[C@H](C)CCC(=O)NCCOCCOCCNC(=O)CN2CCN(CC(=O)O)CCN(CC(=O)O)CC2)cc1. The summed E-state index contributed by atoms with van der Waals surface area (Å²) in [7, 11) is 0. The van der Waals surface area contributed by atoms with Gasteiger partial charge in [-0.2, -0.15) is 4.98 Å². The van der Waals surface area contributed by atoms with Crippen LogP contribution in [0.5, 0.6) is 0 Å². The number of nitrogens with one attached hydrogen (secondary N) is 5. The summed E-state index contributed by atoms with van der Waals surface area (Å²) in [5, 5.41) is 30.1. The molecule has 0 radical (unpaired) electrons. The first-order valence-corrected chi connectivity index (χ1v) is 19.6. The van der Waals surface area contributed by atoms with Crippen molar-refractivity contribution in [3.8, 4) is 0 Å². The summed E-state index contributed by atoms with van der Waals surface area (Å²) < 4.78 is 11.0. The standard InChI is InChI=1S/C38H58N12O10/c1-26(45-36(57)28-5-7-29(8-6-28)43-22-27(2)44-34-35(40-3)46-38(39)47-37(34)58)4-9-30(51)41-10-18-59-20-21-60-19-11-42-31(52)23-48-12-14-49(24-32(53)54)16-17-50(15-13-48)25-33(55)56/h5-8,26,43H,3-4,9-25H2,1-2H3,(H,41,51)(H,42,52)(H,45,57)(H,53,54)(H,55,56)(H3,39,46,47,58)/t26-/m1/s1. The van der Waals surface area contributed by atoms with Crippen LogP contribution in [0.15, 0.2) is 39.0 Å². The first kappa shape index (κ1) is 48.6. The summed E-state index contributed by atoms with van der Waals surface area (Å²) in [6, 6.07) is 6.58. The third kappa shape index (κ3) is 19.3. The monoisotopic (exact) mass is 842 g/mol. The second kappa shape index (κ2) is 26.3. The summed E-state index contributed by atoms with van der Waals surface area (Å²) in [5.41, 5.74) is 6.78. The zero-order valence-electron chi connectivity index (χ0n) is 34.2. The van der Waals surface area contributed by atoms with Crippen LogP contribution in [0.4, 0.5) is 23.1 Å². The molecule has 60 heavy (non-hydrogen) atoms. The van der Waals surface area contributed by atoms with Crippen LogP contribution in [0.25, 0.3) is 0 Å². The number of aromatic amines is 1. The highest BCUT2D eigenvalue weighted by Crippen LogP contribution is 2.21. The van der Waals surface area contributed by atoms with Crippen molar-refractivity contribution in [1.29, 1.82) is 0 Å². The van der Waals surface area contributed by atoms with Gasteiger partial charge in [0.1, 0.15) is 0 Å². The Hall–Kier alpha value is -5.81. The van der Waals surface area contributed by atoms with Gasteiger partial charge in [0.2, 0.25) is 17.8 Å². The van der Waals surface area contributed by atoms with Gasteiger partial charge < -0.3 is 46.7 Å². The van der Waals surface area contributed by atoms with E-state index in [2.05, 4.69) is 47.9 Å². The van der Waals surface area contributed by atoms with E-state index in [1.165, 1.54) is 0 Å². The molecule has 1 atom stereocenters.